The van der Waals surface area contributed by atoms with Gasteiger partial charge in [-0.1, -0.05) is 63.2 Å². The Kier molecular flexibility index (Phi) is 4.45. The van der Waals surface area contributed by atoms with Gasteiger partial charge in [0.05, 0.1) is 6.20 Å². The summed E-state index contributed by atoms with van der Waals surface area (Å²) in [6.45, 7) is 12.5. The lowest BCUT2D eigenvalue weighted by Crippen LogP contribution is -2.60. The first-order valence-corrected chi connectivity index (χ1v) is 10.8. The van der Waals surface area contributed by atoms with Crippen LogP contribution >= 0.6 is 0 Å². The van der Waals surface area contributed by atoms with Gasteiger partial charge < -0.3 is 9.80 Å². The van der Waals surface area contributed by atoms with E-state index in [1.54, 1.807) is 0 Å². The van der Waals surface area contributed by atoms with Crippen molar-refractivity contribution in [3.8, 4) is 0 Å². The van der Waals surface area contributed by atoms with E-state index in [-0.39, 0.29) is 12.0 Å². The molecule has 4 nitrogen and oxygen atoms in total. The van der Waals surface area contributed by atoms with Crippen LogP contribution in [0.3, 0.4) is 0 Å². The van der Waals surface area contributed by atoms with E-state index in [1.165, 1.54) is 0 Å². The number of alkyl halides is 3. The monoisotopic (exact) mass is 450 g/mol. The maximum absolute atomic E-state index is 13.7. The smallest absolute Gasteiger partial charge is 0.301 e. The fraction of sp³-hybridized carbons (Fsp3) is 0.308. The summed E-state index contributed by atoms with van der Waals surface area (Å²) >= 11 is 0. The maximum Gasteiger partial charge on any atom is 0.434 e. The lowest BCUT2D eigenvalue weighted by Gasteiger charge is -2.56. The highest BCUT2D eigenvalue weighted by atomic mass is 19.4. The fourth-order valence-corrected chi connectivity index (χ4v) is 5.27. The number of rotatable bonds is 2. The van der Waals surface area contributed by atoms with Gasteiger partial charge in [-0.25, -0.2) is 9.97 Å². The highest BCUT2D eigenvalue weighted by Crippen LogP contribution is 2.62. The zero-order valence-electron chi connectivity index (χ0n) is 19.0. The maximum atomic E-state index is 13.7. The minimum absolute atomic E-state index is 0.209. The van der Waals surface area contributed by atoms with Crippen LogP contribution in [0.5, 0.6) is 0 Å². The fourth-order valence-electron chi connectivity index (χ4n) is 5.27. The van der Waals surface area contributed by atoms with Crippen LogP contribution in [0.4, 0.5) is 36.2 Å². The third kappa shape index (κ3) is 2.77. The van der Waals surface area contributed by atoms with E-state index in [0.717, 1.165) is 28.7 Å². The molecule has 2 aromatic carbocycles. The standard InChI is InChI=1S/C26H25F3N4/c1-6-25(5)17-12-8-10-14-19(17)33-21-22(31-20(15-30-21)26(27,28)29)32(23(33)24(25,3)4)18-13-9-7-11-16(18)2/h6-15,23H,1H2,2-5H3. The van der Waals surface area contributed by atoms with Crippen molar-refractivity contribution in [2.45, 2.75) is 45.5 Å². The number of hydrogen-bond acceptors (Lipinski definition) is 4. The van der Waals surface area contributed by atoms with Gasteiger partial charge in [0.15, 0.2) is 17.3 Å². The van der Waals surface area contributed by atoms with Crippen LogP contribution in [-0.2, 0) is 11.6 Å². The van der Waals surface area contributed by atoms with Crippen molar-refractivity contribution in [2.75, 3.05) is 9.80 Å². The summed E-state index contributed by atoms with van der Waals surface area (Å²) in [5, 5.41) is 0. The van der Waals surface area contributed by atoms with Gasteiger partial charge in [-0.3, -0.25) is 0 Å². The number of benzene rings is 2. The number of nitrogens with zero attached hydrogens (tertiary/aromatic N) is 4. The van der Waals surface area contributed by atoms with Crippen molar-refractivity contribution in [1.29, 1.82) is 0 Å². The molecule has 0 amide bonds. The summed E-state index contributed by atoms with van der Waals surface area (Å²) in [6, 6.07) is 15.6. The van der Waals surface area contributed by atoms with Gasteiger partial charge in [0.25, 0.3) is 0 Å². The van der Waals surface area contributed by atoms with Crippen LogP contribution in [0.2, 0.25) is 0 Å². The third-order valence-electron chi connectivity index (χ3n) is 7.46. The quantitative estimate of drug-likeness (QED) is 0.398. The molecule has 0 fully saturated rings. The van der Waals surface area contributed by atoms with Gasteiger partial charge in [-0.2, -0.15) is 13.2 Å². The summed E-state index contributed by atoms with van der Waals surface area (Å²) < 4.78 is 41.0. The SMILES string of the molecule is C=CC1(C)c2ccccc2N2c3ncc(C(F)(F)F)nc3N(c3ccccc3C)C2C1(C)C. The second kappa shape index (κ2) is 6.83. The van der Waals surface area contributed by atoms with Crippen molar-refractivity contribution < 1.29 is 13.2 Å². The molecule has 2 aliphatic rings. The molecular weight excluding hydrogens is 425 g/mol. The number of anilines is 4. The van der Waals surface area contributed by atoms with Crippen molar-refractivity contribution in [3.63, 3.8) is 0 Å². The van der Waals surface area contributed by atoms with Crippen molar-refractivity contribution in [3.05, 3.63) is 84.2 Å². The van der Waals surface area contributed by atoms with E-state index < -0.39 is 22.7 Å². The number of fused-ring (bicyclic) bond motifs is 5. The van der Waals surface area contributed by atoms with E-state index in [4.69, 9.17) is 0 Å². The van der Waals surface area contributed by atoms with E-state index in [9.17, 15) is 13.2 Å². The Hall–Kier alpha value is -3.35. The Bertz CT molecular complexity index is 1270. The molecule has 2 unspecified atom stereocenters. The summed E-state index contributed by atoms with van der Waals surface area (Å²) in [5.41, 5.74) is 1.76. The topological polar surface area (TPSA) is 32.3 Å². The highest BCUT2D eigenvalue weighted by Gasteiger charge is 2.60. The third-order valence-corrected chi connectivity index (χ3v) is 7.46. The summed E-state index contributed by atoms with van der Waals surface area (Å²) in [6.07, 6.45) is -2.18. The van der Waals surface area contributed by atoms with E-state index in [0.29, 0.717) is 5.82 Å². The average molecular weight is 451 g/mol. The molecular formula is C26H25F3N4. The van der Waals surface area contributed by atoms with E-state index >= 15 is 0 Å². The molecule has 0 radical (unpaired) electrons. The van der Waals surface area contributed by atoms with Gasteiger partial charge in [-0.15, -0.1) is 6.58 Å². The van der Waals surface area contributed by atoms with Crippen LogP contribution in [0, 0.1) is 12.3 Å². The summed E-state index contributed by atoms with van der Waals surface area (Å²) in [7, 11) is 0. The molecule has 0 bridgehead atoms. The Morgan fingerprint density at radius 1 is 0.939 bits per heavy atom. The minimum Gasteiger partial charge on any atom is -0.301 e. The van der Waals surface area contributed by atoms with Crippen LogP contribution in [0.1, 0.15) is 37.6 Å². The summed E-state index contributed by atoms with van der Waals surface area (Å²) in [5.74, 6) is 0.628. The van der Waals surface area contributed by atoms with Crippen LogP contribution < -0.4 is 9.80 Å². The highest BCUT2D eigenvalue weighted by molar-refractivity contribution is 5.87. The van der Waals surface area contributed by atoms with Gasteiger partial charge in [0.2, 0.25) is 0 Å². The Balaban J connectivity index is 1.87. The predicted octanol–water partition coefficient (Wildman–Crippen LogP) is 6.90. The van der Waals surface area contributed by atoms with Crippen molar-refractivity contribution in [2.24, 2.45) is 5.41 Å². The number of aromatic nitrogens is 2. The molecule has 170 valence electrons. The minimum atomic E-state index is -4.59. The average Bonchev–Trinajstić information content (AvgIpc) is 3.13. The molecule has 0 N–H and O–H groups in total. The number of allylic oxidation sites excluding steroid dienone is 1. The largest absolute Gasteiger partial charge is 0.434 e. The number of para-hydroxylation sites is 2. The first kappa shape index (κ1) is 21.5. The number of hydrogen-bond donors (Lipinski definition) is 0. The normalized spacial score (nSPS) is 23.1. The first-order chi connectivity index (χ1) is 15.5. The number of halogens is 3. The molecule has 33 heavy (non-hydrogen) atoms. The van der Waals surface area contributed by atoms with Crippen LogP contribution in [-0.4, -0.2) is 16.1 Å². The molecule has 0 saturated carbocycles. The predicted molar refractivity (Wildman–Crippen MR) is 124 cm³/mol. The lowest BCUT2D eigenvalue weighted by molar-refractivity contribution is -0.141. The van der Waals surface area contributed by atoms with E-state index in [1.807, 2.05) is 65.3 Å². The second-order valence-corrected chi connectivity index (χ2v) is 9.45. The van der Waals surface area contributed by atoms with Gasteiger partial charge >= 0.3 is 6.18 Å². The van der Waals surface area contributed by atoms with Crippen LogP contribution in [0.25, 0.3) is 0 Å². The Morgan fingerprint density at radius 2 is 1.55 bits per heavy atom. The van der Waals surface area contributed by atoms with Crippen molar-refractivity contribution in [1.82, 2.24) is 9.97 Å². The Morgan fingerprint density at radius 3 is 2.18 bits per heavy atom. The molecule has 0 spiro atoms. The molecule has 7 heteroatoms. The van der Waals surface area contributed by atoms with Gasteiger partial charge in [0.1, 0.15) is 6.17 Å². The molecule has 3 aromatic rings. The second-order valence-electron chi connectivity index (χ2n) is 9.45. The van der Waals surface area contributed by atoms with E-state index in [2.05, 4.69) is 43.4 Å². The molecule has 3 heterocycles. The lowest BCUT2D eigenvalue weighted by atomic mass is 9.58. The Labute approximate surface area is 191 Å². The molecule has 0 aliphatic carbocycles. The van der Waals surface area contributed by atoms with Crippen molar-refractivity contribution >= 4 is 23.0 Å². The van der Waals surface area contributed by atoms with Gasteiger partial charge in [-0.05, 0) is 30.2 Å². The molecule has 2 aliphatic heterocycles. The zero-order chi connectivity index (χ0) is 23.8. The molecule has 2 atom stereocenters. The number of aryl methyl sites for hydroxylation is 1. The van der Waals surface area contributed by atoms with Gasteiger partial charge in [0, 0.05) is 22.2 Å². The first-order valence-electron chi connectivity index (χ1n) is 10.8. The summed E-state index contributed by atoms with van der Waals surface area (Å²) in [4.78, 5) is 12.4. The van der Waals surface area contributed by atoms with Crippen LogP contribution in [0.15, 0.2) is 67.4 Å². The molecule has 0 saturated heterocycles. The molecule has 5 rings (SSSR count). The molecule has 1 aromatic heterocycles. The zero-order valence-corrected chi connectivity index (χ0v) is 19.0.